The molecule has 0 aromatic carbocycles. The highest BCUT2D eigenvalue weighted by Gasteiger charge is 2.08. The summed E-state index contributed by atoms with van der Waals surface area (Å²) in [4.78, 5) is 13.1. The molecule has 0 aromatic heterocycles. The van der Waals surface area contributed by atoms with E-state index in [4.69, 9.17) is 10.5 Å². The Kier molecular flexibility index (Phi) is 7.42. The molecule has 0 saturated carbocycles. The van der Waals surface area contributed by atoms with E-state index < -0.39 is 0 Å². The van der Waals surface area contributed by atoms with Crippen LogP contribution in [-0.2, 0) is 9.53 Å². The van der Waals surface area contributed by atoms with Gasteiger partial charge in [-0.15, -0.1) is 0 Å². The van der Waals surface area contributed by atoms with Crippen LogP contribution in [0.3, 0.4) is 0 Å². The highest BCUT2D eigenvalue weighted by molar-refractivity contribution is 5.75. The summed E-state index contributed by atoms with van der Waals surface area (Å²) in [6.45, 7) is 5.76. The maximum absolute atomic E-state index is 11.4. The molecule has 4 nitrogen and oxygen atoms in total. The molecule has 0 saturated heterocycles. The molecule has 0 rings (SSSR count). The first kappa shape index (κ1) is 13.4. The third-order valence-corrected chi connectivity index (χ3v) is 2.01. The lowest BCUT2D eigenvalue weighted by Crippen LogP contribution is -2.31. The second-order valence-electron chi connectivity index (χ2n) is 3.53. The summed E-state index contributed by atoms with van der Waals surface area (Å²) in [6, 6.07) is 0.150. The molecule has 0 aliphatic heterocycles. The average Bonchev–Trinajstić information content (AvgIpc) is 2.14. The minimum Gasteiger partial charge on any atom is -0.381 e. The fourth-order valence-electron chi connectivity index (χ4n) is 1.02. The van der Waals surface area contributed by atoms with Crippen LogP contribution in [0.15, 0.2) is 0 Å². The van der Waals surface area contributed by atoms with E-state index in [0.29, 0.717) is 19.6 Å². The van der Waals surface area contributed by atoms with Crippen LogP contribution < -0.4 is 5.73 Å². The minimum absolute atomic E-state index is 0.124. The van der Waals surface area contributed by atoms with Gasteiger partial charge >= 0.3 is 0 Å². The van der Waals surface area contributed by atoms with E-state index in [-0.39, 0.29) is 11.9 Å². The standard InChI is InChI=1S/C10H22N2O2/c1-4-14-8-6-10(13)12(3)7-5-9(2)11/h9H,4-8,11H2,1-3H3. The summed E-state index contributed by atoms with van der Waals surface area (Å²) in [5.74, 6) is 0.124. The summed E-state index contributed by atoms with van der Waals surface area (Å²) < 4.78 is 5.11. The van der Waals surface area contributed by atoms with Crippen LogP contribution in [-0.4, -0.2) is 43.7 Å². The molecule has 1 unspecified atom stereocenters. The van der Waals surface area contributed by atoms with Crippen molar-refractivity contribution in [2.45, 2.75) is 32.7 Å². The van der Waals surface area contributed by atoms with Gasteiger partial charge in [-0.25, -0.2) is 0 Å². The molecule has 0 radical (unpaired) electrons. The molecule has 0 bridgehead atoms. The Labute approximate surface area is 86.4 Å². The topological polar surface area (TPSA) is 55.6 Å². The van der Waals surface area contributed by atoms with Crippen LogP contribution in [0.5, 0.6) is 0 Å². The summed E-state index contributed by atoms with van der Waals surface area (Å²) in [7, 11) is 1.80. The molecule has 1 amide bonds. The first-order chi connectivity index (χ1) is 6.57. The van der Waals surface area contributed by atoms with Crippen LogP contribution in [0.25, 0.3) is 0 Å². The number of nitrogens with two attached hydrogens (primary N) is 1. The predicted octanol–water partition coefficient (Wildman–Crippen LogP) is 0.609. The van der Waals surface area contributed by atoms with E-state index in [0.717, 1.165) is 13.0 Å². The summed E-state index contributed by atoms with van der Waals surface area (Å²) in [6.07, 6.45) is 1.31. The molecule has 0 heterocycles. The number of ether oxygens (including phenoxy) is 1. The van der Waals surface area contributed by atoms with Crippen LogP contribution in [0.4, 0.5) is 0 Å². The summed E-state index contributed by atoms with van der Waals surface area (Å²) in [5, 5.41) is 0. The number of rotatable bonds is 7. The lowest BCUT2D eigenvalue weighted by atomic mass is 10.2. The second-order valence-corrected chi connectivity index (χ2v) is 3.53. The van der Waals surface area contributed by atoms with E-state index in [2.05, 4.69) is 0 Å². The van der Waals surface area contributed by atoms with Crippen LogP contribution >= 0.6 is 0 Å². The van der Waals surface area contributed by atoms with Gasteiger partial charge in [0.25, 0.3) is 0 Å². The molecule has 0 fully saturated rings. The zero-order valence-electron chi connectivity index (χ0n) is 9.45. The number of nitrogens with zero attached hydrogens (tertiary/aromatic N) is 1. The number of hydrogen-bond donors (Lipinski definition) is 1. The van der Waals surface area contributed by atoms with Crippen molar-refractivity contribution in [1.82, 2.24) is 4.90 Å². The van der Waals surface area contributed by atoms with Gasteiger partial charge in [0.1, 0.15) is 0 Å². The fraction of sp³-hybridized carbons (Fsp3) is 0.900. The van der Waals surface area contributed by atoms with Gasteiger partial charge in [-0.2, -0.15) is 0 Å². The summed E-state index contributed by atoms with van der Waals surface area (Å²) in [5.41, 5.74) is 5.60. The predicted molar refractivity (Wildman–Crippen MR) is 57.0 cm³/mol. The molecule has 0 spiro atoms. The maximum Gasteiger partial charge on any atom is 0.224 e. The van der Waals surface area contributed by atoms with Crippen molar-refractivity contribution >= 4 is 5.91 Å². The van der Waals surface area contributed by atoms with E-state index >= 15 is 0 Å². The van der Waals surface area contributed by atoms with E-state index in [1.54, 1.807) is 11.9 Å². The van der Waals surface area contributed by atoms with Crippen molar-refractivity contribution < 1.29 is 9.53 Å². The Balaban J connectivity index is 3.54. The second kappa shape index (κ2) is 7.76. The van der Waals surface area contributed by atoms with Crippen molar-refractivity contribution in [1.29, 1.82) is 0 Å². The van der Waals surface area contributed by atoms with Crippen molar-refractivity contribution in [2.24, 2.45) is 5.73 Å². The quantitative estimate of drug-likeness (QED) is 0.615. The fourth-order valence-corrected chi connectivity index (χ4v) is 1.02. The van der Waals surface area contributed by atoms with Gasteiger partial charge < -0.3 is 15.4 Å². The molecule has 0 aliphatic rings. The minimum atomic E-state index is 0.124. The van der Waals surface area contributed by atoms with Crippen LogP contribution in [0.1, 0.15) is 26.7 Å². The molecule has 0 aromatic rings. The Hall–Kier alpha value is -0.610. The van der Waals surface area contributed by atoms with E-state index in [9.17, 15) is 4.79 Å². The third kappa shape index (κ3) is 6.86. The first-order valence-electron chi connectivity index (χ1n) is 5.15. The van der Waals surface area contributed by atoms with Gasteiger partial charge in [-0.3, -0.25) is 4.79 Å². The van der Waals surface area contributed by atoms with Crippen molar-refractivity contribution in [2.75, 3.05) is 26.8 Å². The number of carbonyl (C=O) groups is 1. The van der Waals surface area contributed by atoms with Crippen molar-refractivity contribution in [3.05, 3.63) is 0 Å². The lowest BCUT2D eigenvalue weighted by Gasteiger charge is -2.18. The van der Waals surface area contributed by atoms with Gasteiger partial charge in [0.05, 0.1) is 13.0 Å². The Morgan fingerprint density at radius 2 is 2.21 bits per heavy atom. The summed E-state index contributed by atoms with van der Waals surface area (Å²) >= 11 is 0. The third-order valence-electron chi connectivity index (χ3n) is 2.01. The van der Waals surface area contributed by atoms with Crippen LogP contribution in [0.2, 0.25) is 0 Å². The van der Waals surface area contributed by atoms with Crippen molar-refractivity contribution in [3.63, 3.8) is 0 Å². The lowest BCUT2D eigenvalue weighted by molar-refractivity contribution is -0.131. The molecule has 4 heteroatoms. The molecule has 0 aliphatic carbocycles. The molecule has 14 heavy (non-hydrogen) atoms. The molecule has 2 N–H and O–H groups in total. The molecular weight excluding hydrogens is 180 g/mol. The van der Waals surface area contributed by atoms with Gasteiger partial charge in [-0.05, 0) is 20.3 Å². The zero-order chi connectivity index (χ0) is 11.0. The smallest absolute Gasteiger partial charge is 0.224 e. The first-order valence-corrected chi connectivity index (χ1v) is 5.15. The van der Waals surface area contributed by atoms with E-state index in [1.165, 1.54) is 0 Å². The number of hydrogen-bond acceptors (Lipinski definition) is 3. The Morgan fingerprint density at radius 1 is 1.57 bits per heavy atom. The van der Waals surface area contributed by atoms with Gasteiger partial charge in [0.15, 0.2) is 0 Å². The van der Waals surface area contributed by atoms with Gasteiger partial charge in [0, 0.05) is 26.2 Å². The van der Waals surface area contributed by atoms with E-state index in [1.807, 2.05) is 13.8 Å². The normalized spacial score (nSPS) is 12.6. The SMILES string of the molecule is CCOCCC(=O)N(C)CCC(C)N. The average molecular weight is 202 g/mol. The largest absolute Gasteiger partial charge is 0.381 e. The Bertz CT molecular complexity index is 160. The molecule has 84 valence electrons. The number of carbonyl (C=O) groups excluding carboxylic acids is 1. The monoisotopic (exact) mass is 202 g/mol. The maximum atomic E-state index is 11.4. The van der Waals surface area contributed by atoms with Crippen molar-refractivity contribution in [3.8, 4) is 0 Å². The highest BCUT2D eigenvalue weighted by atomic mass is 16.5. The van der Waals surface area contributed by atoms with Crippen LogP contribution in [0, 0.1) is 0 Å². The Morgan fingerprint density at radius 3 is 2.71 bits per heavy atom. The zero-order valence-corrected chi connectivity index (χ0v) is 9.45. The number of amides is 1. The van der Waals surface area contributed by atoms with Gasteiger partial charge in [0.2, 0.25) is 5.91 Å². The van der Waals surface area contributed by atoms with Gasteiger partial charge in [-0.1, -0.05) is 0 Å². The molecule has 1 atom stereocenters. The molecular formula is C10H22N2O2. The highest BCUT2D eigenvalue weighted by Crippen LogP contribution is 1.95.